The van der Waals surface area contributed by atoms with Gasteiger partial charge in [-0.3, -0.25) is 4.79 Å². The number of aromatic nitrogens is 4. The van der Waals surface area contributed by atoms with E-state index >= 15 is 0 Å². The average Bonchev–Trinajstić information content (AvgIpc) is 2.75. The molecule has 0 bridgehead atoms. The topological polar surface area (TPSA) is 87.1 Å². The minimum Gasteiger partial charge on any atom is -0.352 e. The lowest BCUT2D eigenvalue weighted by Crippen LogP contribution is -2.47. The van der Waals surface area contributed by atoms with E-state index in [9.17, 15) is 4.79 Å². The van der Waals surface area contributed by atoms with Crippen LogP contribution in [-0.4, -0.2) is 52.3 Å². The fourth-order valence-corrected chi connectivity index (χ4v) is 3.16. The fraction of sp³-hybridized carbons (Fsp3) is 0.211. The van der Waals surface area contributed by atoms with Crippen molar-refractivity contribution in [3.05, 3.63) is 65.6 Å². The summed E-state index contributed by atoms with van der Waals surface area (Å²) in [6.07, 6.45) is 3.49. The van der Waals surface area contributed by atoms with Crippen molar-refractivity contribution in [2.75, 3.05) is 41.3 Å². The third kappa shape index (κ3) is 4.17. The normalized spacial score (nSPS) is 14.0. The maximum absolute atomic E-state index is 12.3. The standard InChI is InChI=1S/C19H18ClN7O/c20-14-3-1-4-15(13-14)23-18(28)16-5-6-17(25-24-16)26-9-11-27(12-10-26)19-21-7-2-8-22-19/h1-8,13H,9-12H2,(H,23,28). The number of rotatable bonds is 4. The summed E-state index contributed by atoms with van der Waals surface area (Å²) >= 11 is 5.93. The van der Waals surface area contributed by atoms with Crippen LogP contribution >= 0.6 is 11.6 Å². The third-order valence-electron chi connectivity index (χ3n) is 4.40. The molecule has 8 nitrogen and oxygen atoms in total. The second kappa shape index (κ2) is 8.18. The van der Waals surface area contributed by atoms with Gasteiger partial charge in [-0.25, -0.2) is 9.97 Å². The van der Waals surface area contributed by atoms with E-state index in [1.807, 2.05) is 6.07 Å². The third-order valence-corrected chi connectivity index (χ3v) is 4.64. The molecule has 3 aromatic rings. The minimum absolute atomic E-state index is 0.250. The van der Waals surface area contributed by atoms with Crippen LogP contribution in [0.4, 0.5) is 17.5 Å². The number of piperazine rings is 1. The van der Waals surface area contributed by atoms with Crippen molar-refractivity contribution < 1.29 is 4.79 Å². The van der Waals surface area contributed by atoms with E-state index in [1.165, 1.54) is 0 Å². The number of nitrogens with one attached hydrogen (secondary N) is 1. The molecule has 2 aromatic heterocycles. The molecule has 1 aliphatic rings. The minimum atomic E-state index is -0.327. The Balaban J connectivity index is 1.36. The molecule has 1 amide bonds. The van der Waals surface area contributed by atoms with Crippen molar-refractivity contribution in [3.8, 4) is 0 Å². The van der Waals surface area contributed by atoms with Gasteiger partial charge in [0.2, 0.25) is 5.95 Å². The molecule has 142 valence electrons. The summed E-state index contributed by atoms with van der Waals surface area (Å²) in [6.45, 7) is 3.15. The highest BCUT2D eigenvalue weighted by molar-refractivity contribution is 6.30. The molecule has 0 unspecified atom stereocenters. The Morgan fingerprint density at radius 3 is 2.36 bits per heavy atom. The molecule has 0 atom stereocenters. The Kier molecular flexibility index (Phi) is 5.29. The van der Waals surface area contributed by atoms with E-state index in [1.54, 1.807) is 48.8 Å². The number of halogens is 1. The van der Waals surface area contributed by atoms with E-state index < -0.39 is 0 Å². The van der Waals surface area contributed by atoms with Gasteiger partial charge in [0.05, 0.1) is 0 Å². The van der Waals surface area contributed by atoms with E-state index in [0.717, 1.165) is 37.9 Å². The van der Waals surface area contributed by atoms with E-state index in [-0.39, 0.29) is 11.6 Å². The number of hydrogen-bond donors (Lipinski definition) is 1. The number of anilines is 3. The lowest BCUT2D eigenvalue weighted by molar-refractivity contribution is 0.102. The molecule has 9 heteroatoms. The number of benzene rings is 1. The lowest BCUT2D eigenvalue weighted by atomic mass is 10.3. The zero-order valence-electron chi connectivity index (χ0n) is 15.0. The summed E-state index contributed by atoms with van der Waals surface area (Å²) in [4.78, 5) is 25.2. The van der Waals surface area contributed by atoms with E-state index in [0.29, 0.717) is 10.7 Å². The highest BCUT2D eigenvalue weighted by atomic mass is 35.5. The molecule has 1 saturated heterocycles. The maximum atomic E-state index is 12.3. The molecule has 28 heavy (non-hydrogen) atoms. The molecular weight excluding hydrogens is 378 g/mol. The van der Waals surface area contributed by atoms with Crippen LogP contribution in [0.3, 0.4) is 0 Å². The number of carbonyl (C=O) groups is 1. The van der Waals surface area contributed by atoms with Gasteiger partial charge in [-0.15, -0.1) is 10.2 Å². The summed E-state index contributed by atoms with van der Waals surface area (Å²) in [5.41, 5.74) is 0.864. The van der Waals surface area contributed by atoms with Gasteiger partial charge < -0.3 is 15.1 Å². The summed E-state index contributed by atoms with van der Waals surface area (Å²) in [6, 6.07) is 12.3. The molecule has 1 fully saturated rings. The largest absolute Gasteiger partial charge is 0.352 e. The van der Waals surface area contributed by atoms with Crippen LogP contribution in [0.15, 0.2) is 54.9 Å². The molecule has 0 aliphatic carbocycles. The summed E-state index contributed by atoms with van der Waals surface area (Å²) in [5.74, 6) is 1.15. The number of amides is 1. The van der Waals surface area contributed by atoms with Crippen LogP contribution < -0.4 is 15.1 Å². The zero-order chi connectivity index (χ0) is 19.3. The van der Waals surface area contributed by atoms with Gasteiger partial charge in [0.15, 0.2) is 11.5 Å². The summed E-state index contributed by atoms with van der Waals surface area (Å²) in [5, 5.41) is 11.6. The second-order valence-corrected chi connectivity index (χ2v) is 6.70. The van der Waals surface area contributed by atoms with E-state index in [4.69, 9.17) is 11.6 Å². The number of nitrogens with zero attached hydrogens (tertiary/aromatic N) is 6. The molecule has 4 rings (SSSR count). The summed E-state index contributed by atoms with van der Waals surface area (Å²) in [7, 11) is 0. The Bertz CT molecular complexity index is 944. The molecular formula is C19H18ClN7O. The van der Waals surface area contributed by atoms with Gasteiger partial charge >= 0.3 is 0 Å². The van der Waals surface area contributed by atoms with Crippen molar-refractivity contribution >= 4 is 35.0 Å². The zero-order valence-corrected chi connectivity index (χ0v) is 15.8. The maximum Gasteiger partial charge on any atom is 0.276 e. The van der Waals surface area contributed by atoms with Crippen LogP contribution in [0.5, 0.6) is 0 Å². The van der Waals surface area contributed by atoms with Crippen molar-refractivity contribution in [1.82, 2.24) is 20.2 Å². The van der Waals surface area contributed by atoms with Crippen LogP contribution in [0.2, 0.25) is 5.02 Å². The smallest absolute Gasteiger partial charge is 0.276 e. The quantitative estimate of drug-likeness (QED) is 0.726. The first kappa shape index (κ1) is 18.1. The van der Waals surface area contributed by atoms with Crippen LogP contribution in [0, 0.1) is 0 Å². The SMILES string of the molecule is O=C(Nc1cccc(Cl)c1)c1ccc(N2CCN(c3ncccn3)CC2)nn1. The molecule has 0 radical (unpaired) electrons. The Morgan fingerprint density at radius 2 is 1.68 bits per heavy atom. The predicted molar refractivity (Wildman–Crippen MR) is 108 cm³/mol. The van der Waals surface area contributed by atoms with Gasteiger partial charge in [0.1, 0.15) is 0 Å². The number of carbonyl (C=O) groups excluding carboxylic acids is 1. The van der Waals surface area contributed by atoms with Gasteiger partial charge in [0.25, 0.3) is 5.91 Å². The Morgan fingerprint density at radius 1 is 0.929 bits per heavy atom. The number of hydrogen-bond acceptors (Lipinski definition) is 7. The van der Waals surface area contributed by atoms with Gasteiger partial charge in [-0.1, -0.05) is 17.7 Å². The fourth-order valence-electron chi connectivity index (χ4n) is 2.97. The summed E-state index contributed by atoms with van der Waals surface area (Å²) < 4.78 is 0. The first-order valence-corrected chi connectivity index (χ1v) is 9.24. The molecule has 1 aliphatic heterocycles. The van der Waals surface area contributed by atoms with Crippen molar-refractivity contribution in [1.29, 1.82) is 0 Å². The van der Waals surface area contributed by atoms with Gasteiger partial charge in [0, 0.05) is 49.3 Å². The van der Waals surface area contributed by atoms with Crippen molar-refractivity contribution in [2.24, 2.45) is 0 Å². The van der Waals surface area contributed by atoms with Crippen molar-refractivity contribution in [2.45, 2.75) is 0 Å². The predicted octanol–water partition coefficient (Wildman–Crippen LogP) is 2.50. The average molecular weight is 396 g/mol. The lowest BCUT2D eigenvalue weighted by Gasteiger charge is -2.35. The monoisotopic (exact) mass is 395 g/mol. The first-order valence-electron chi connectivity index (χ1n) is 8.86. The highest BCUT2D eigenvalue weighted by Gasteiger charge is 2.20. The van der Waals surface area contributed by atoms with Crippen molar-refractivity contribution in [3.63, 3.8) is 0 Å². The van der Waals surface area contributed by atoms with E-state index in [2.05, 4.69) is 35.3 Å². The molecule has 1 aromatic carbocycles. The highest BCUT2D eigenvalue weighted by Crippen LogP contribution is 2.17. The molecule has 1 N–H and O–H groups in total. The van der Waals surface area contributed by atoms with Crippen LogP contribution in [0.25, 0.3) is 0 Å². The Labute approximate surface area is 167 Å². The van der Waals surface area contributed by atoms with Gasteiger partial charge in [-0.2, -0.15) is 0 Å². The molecule has 3 heterocycles. The second-order valence-electron chi connectivity index (χ2n) is 6.26. The Hall–Kier alpha value is -3.26. The molecule has 0 spiro atoms. The van der Waals surface area contributed by atoms with Crippen LogP contribution in [-0.2, 0) is 0 Å². The van der Waals surface area contributed by atoms with Gasteiger partial charge in [-0.05, 0) is 36.4 Å². The molecule has 0 saturated carbocycles. The first-order chi connectivity index (χ1) is 13.7. The van der Waals surface area contributed by atoms with Crippen LogP contribution in [0.1, 0.15) is 10.5 Å².